The molecule has 6 rings (SSSR count). The van der Waals surface area contributed by atoms with Gasteiger partial charge in [-0.2, -0.15) is 54.1 Å². The minimum absolute atomic E-state index is 0.172. The maximum Gasteiger partial charge on any atom is 0.396 e. The summed E-state index contributed by atoms with van der Waals surface area (Å²) < 4.78 is 173. The Morgan fingerprint density at radius 1 is 0.676 bits per heavy atom. The molecule has 4 amide bonds. The summed E-state index contributed by atoms with van der Waals surface area (Å²) in [5, 5.41) is 26.1. The van der Waals surface area contributed by atoms with E-state index in [1.807, 2.05) is 0 Å². The van der Waals surface area contributed by atoms with E-state index in [4.69, 9.17) is 0 Å². The van der Waals surface area contributed by atoms with Gasteiger partial charge in [-0.3, -0.25) is 24.6 Å². The van der Waals surface area contributed by atoms with Gasteiger partial charge in [-0.25, -0.2) is 23.2 Å². The molecule has 2 saturated carbocycles. The second kappa shape index (κ2) is 20.9. The van der Waals surface area contributed by atoms with Gasteiger partial charge in [0.1, 0.15) is 23.7 Å². The number of amides is 4. The van der Waals surface area contributed by atoms with Gasteiger partial charge in [0.05, 0.1) is 35.4 Å². The average Bonchev–Trinajstić information content (AvgIpc) is 4.21. The van der Waals surface area contributed by atoms with Crippen molar-refractivity contribution in [3.8, 4) is 22.3 Å². The number of hydrogen-bond donors (Lipinski definition) is 5. The molecule has 2 aliphatic rings. The lowest BCUT2D eigenvalue weighted by atomic mass is 9.82. The molecule has 0 aliphatic heterocycles. The van der Waals surface area contributed by atoms with Gasteiger partial charge in [0.2, 0.25) is 17.7 Å². The average molecular weight is 1020 g/mol. The third-order valence-corrected chi connectivity index (χ3v) is 12.5. The number of aliphatic hydroxyl groups excluding tert-OH is 1. The standard InChI is InChI=1S/C45H49F12N9O5/c1-42(2,44(52,53)54)34(61-36(68)24-9-10-24)38(70)60-32(13-22-5-7-23(8-6-22)27-16-58-65(18-27)40(48)49)33(67)21-64(63-39(71)35(43(3,4)45(55,56)57)62-37(69)25-11-12-25)20-29-30(46)14-26(15-31(29)47)28-17-59-66(19-28)41(50)51/h5-8,14-19,24-25,32-35,40-41,67H,9-13,20-21H2,1-4H3,(H,60,70)(H,61,68)(H,62,69)(H,63,71)/t32-,33-,34?,35?/m0/s1. The Hall–Kier alpha value is -6.18. The van der Waals surface area contributed by atoms with E-state index in [-0.39, 0.29) is 26.9 Å². The van der Waals surface area contributed by atoms with Crippen LogP contribution in [0.1, 0.15) is 77.6 Å². The van der Waals surface area contributed by atoms with Gasteiger partial charge in [-0.05, 0) is 88.6 Å². The minimum Gasteiger partial charge on any atom is -0.390 e. The van der Waals surface area contributed by atoms with Crippen LogP contribution in [-0.2, 0) is 32.1 Å². The minimum atomic E-state index is -5.17. The lowest BCUT2D eigenvalue weighted by Crippen LogP contribution is -2.64. The van der Waals surface area contributed by atoms with E-state index in [1.54, 1.807) is 0 Å². The van der Waals surface area contributed by atoms with Gasteiger partial charge < -0.3 is 21.1 Å². The zero-order valence-electron chi connectivity index (χ0n) is 38.2. The van der Waals surface area contributed by atoms with E-state index in [0.29, 0.717) is 80.8 Å². The summed E-state index contributed by atoms with van der Waals surface area (Å²) in [6.45, 7) is -5.84. The normalized spacial score (nSPS) is 16.5. The Labute approximate surface area is 397 Å². The fourth-order valence-corrected chi connectivity index (χ4v) is 7.34. The van der Waals surface area contributed by atoms with Crippen molar-refractivity contribution in [3.05, 3.63) is 83.9 Å². The summed E-state index contributed by atoms with van der Waals surface area (Å²) in [7, 11) is 0. The molecule has 26 heteroatoms. The van der Waals surface area contributed by atoms with Crippen LogP contribution in [0.15, 0.2) is 61.2 Å². The maximum absolute atomic E-state index is 16.0. The van der Waals surface area contributed by atoms with Crippen molar-refractivity contribution in [2.24, 2.45) is 22.7 Å². The van der Waals surface area contributed by atoms with Gasteiger partial charge in [-0.15, -0.1) is 0 Å². The first-order chi connectivity index (χ1) is 33.0. The van der Waals surface area contributed by atoms with Crippen molar-refractivity contribution in [2.75, 3.05) is 6.54 Å². The number of aliphatic hydroxyl groups is 1. The van der Waals surface area contributed by atoms with E-state index in [1.165, 1.54) is 24.3 Å². The third kappa shape index (κ3) is 12.8. The zero-order chi connectivity index (χ0) is 52.5. The smallest absolute Gasteiger partial charge is 0.390 e. The Kier molecular flexibility index (Phi) is 15.9. The molecule has 2 heterocycles. The van der Waals surface area contributed by atoms with Crippen molar-refractivity contribution in [1.29, 1.82) is 0 Å². The van der Waals surface area contributed by atoms with E-state index in [2.05, 4.69) is 31.6 Å². The molecule has 2 fully saturated rings. The summed E-state index contributed by atoms with van der Waals surface area (Å²) in [5.74, 6) is -9.09. The van der Waals surface area contributed by atoms with E-state index >= 15 is 8.78 Å². The second-order valence-corrected chi connectivity index (χ2v) is 18.7. The van der Waals surface area contributed by atoms with E-state index in [0.717, 1.165) is 24.8 Å². The summed E-state index contributed by atoms with van der Waals surface area (Å²) in [5.41, 5.74) is -4.52. The SMILES string of the molecule is CC(C)(C(NC(=O)C1CC1)C(=O)N[C@@H](Cc1ccc(-c2cnn(C(F)F)c2)cc1)[C@@H](O)CN(Cc1c(F)cc(-c2cnn(C(F)F)c2)cc1F)NC(=O)C(NC(=O)C1CC1)C(C)(C)C(F)(F)F)C(F)(F)F. The predicted molar refractivity (Wildman–Crippen MR) is 227 cm³/mol. The van der Waals surface area contributed by atoms with Crippen molar-refractivity contribution >= 4 is 23.6 Å². The van der Waals surface area contributed by atoms with Crippen LogP contribution in [0, 0.1) is 34.3 Å². The first-order valence-corrected chi connectivity index (χ1v) is 22.0. The summed E-state index contributed by atoms with van der Waals surface area (Å²) in [6, 6.07) is 0.444. The molecule has 4 aromatic rings. The second-order valence-electron chi connectivity index (χ2n) is 18.7. The molecule has 4 atom stereocenters. The highest BCUT2D eigenvalue weighted by molar-refractivity contribution is 5.91. The van der Waals surface area contributed by atoms with Crippen LogP contribution in [0.3, 0.4) is 0 Å². The van der Waals surface area contributed by atoms with Crippen LogP contribution < -0.4 is 21.4 Å². The fourth-order valence-electron chi connectivity index (χ4n) is 7.34. The summed E-state index contributed by atoms with van der Waals surface area (Å²) in [4.78, 5) is 54.0. The molecule has 2 aromatic carbocycles. The number of hydrazine groups is 1. The van der Waals surface area contributed by atoms with Crippen molar-refractivity contribution in [1.82, 2.24) is 45.9 Å². The first kappa shape index (κ1) is 54.2. The lowest BCUT2D eigenvalue weighted by molar-refractivity contribution is -0.222. The maximum atomic E-state index is 16.0. The number of halogens is 12. The fraction of sp³-hybridized carbons (Fsp3) is 0.511. The number of aromatic nitrogens is 4. The number of rotatable bonds is 21. The van der Waals surface area contributed by atoms with Crippen LogP contribution >= 0.6 is 0 Å². The van der Waals surface area contributed by atoms with Crippen molar-refractivity contribution in [3.63, 3.8) is 0 Å². The number of carbonyl (C=O) groups is 4. The number of hydrogen-bond acceptors (Lipinski definition) is 8. The number of alkyl halides is 10. The summed E-state index contributed by atoms with van der Waals surface area (Å²) in [6.07, 6.45) is -7.88. The molecule has 388 valence electrons. The van der Waals surface area contributed by atoms with Crippen molar-refractivity contribution < 1.29 is 77.0 Å². The van der Waals surface area contributed by atoms with Gasteiger partial charge in [0.15, 0.2) is 0 Å². The molecule has 2 aromatic heterocycles. The number of benzene rings is 2. The molecule has 0 spiro atoms. The predicted octanol–water partition coefficient (Wildman–Crippen LogP) is 7.37. The highest BCUT2D eigenvalue weighted by atomic mass is 19.4. The molecule has 5 N–H and O–H groups in total. The lowest BCUT2D eigenvalue weighted by Gasteiger charge is -2.38. The summed E-state index contributed by atoms with van der Waals surface area (Å²) >= 11 is 0. The molecular weight excluding hydrogens is 975 g/mol. The van der Waals surface area contributed by atoms with Crippen LogP contribution in [-0.4, -0.2) is 96.4 Å². The molecule has 2 unspecified atom stereocenters. The molecular formula is C45H49F12N9O5. The van der Waals surface area contributed by atoms with Gasteiger partial charge >= 0.3 is 25.5 Å². The largest absolute Gasteiger partial charge is 0.396 e. The van der Waals surface area contributed by atoms with Gasteiger partial charge in [-0.1, -0.05) is 24.3 Å². The zero-order valence-corrected chi connectivity index (χ0v) is 38.2. The van der Waals surface area contributed by atoms with Gasteiger partial charge in [0, 0.05) is 54.0 Å². The molecule has 71 heavy (non-hydrogen) atoms. The molecule has 14 nitrogen and oxygen atoms in total. The monoisotopic (exact) mass is 1020 g/mol. The molecule has 0 bridgehead atoms. The Balaban J connectivity index is 1.38. The molecule has 0 saturated heterocycles. The molecule has 2 aliphatic carbocycles. The number of nitrogens with one attached hydrogen (secondary N) is 4. The van der Waals surface area contributed by atoms with Crippen LogP contribution in [0.5, 0.6) is 0 Å². The van der Waals surface area contributed by atoms with Crippen LogP contribution in [0.25, 0.3) is 22.3 Å². The number of nitrogens with zero attached hydrogens (tertiary/aromatic N) is 5. The van der Waals surface area contributed by atoms with Gasteiger partial charge in [0.25, 0.3) is 5.91 Å². The van der Waals surface area contributed by atoms with Crippen LogP contribution in [0.2, 0.25) is 0 Å². The highest BCUT2D eigenvalue weighted by Crippen LogP contribution is 2.43. The Bertz CT molecular complexity index is 2530. The van der Waals surface area contributed by atoms with Crippen molar-refractivity contribution in [2.45, 2.75) is 116 Å². The third-order valence-electron chi connectivity index (χ3n) is 12.5. The topological polar surface area (TPSA) is 176 Å². The highest BCUT2D eigenvalue weighted by Gasteiger charge is 2.57. The van der Waals surface area contributed by atoms with E-state index in [9.17, 15) is 68.2 Å². The Morgan fingerprint density at radius 2 is 1.11 bits per heavy atom. The Morgan fingerprint density at radius 3 is 1.52 bits per heavy atom. The number of carbonyl (C=O) groups excluding carboxylic acids is 4. The van der Waals surface area contributed by atoms with E-state index < -0.39 is 133 Å². The quantitative estimate of drug-likeness (QED) is 0.0425. The molecule has 0 radical (unpaired) electrons. The van der Waals surface area contributed by atoms with Crippen LogP contribution in [0.4, 0.5) is 52.7 Å². The first-order valence-electron chi connectivity index (χ1n) is 22.0.